The summed E-state index contributed by atoms with van der Waals surface area (Å²) in [5.74, 6) is 0.487. The number of allylic oxidation sites excluding steroid dienone is 3. The van der Waals surface area contributed by atoms with Crippen LogP contribution in [0.4, 0.5) is 0 Å². The van der Waals surface area contributed by atoms with Gasteiger partial charge in [-0.05, 0) is 66.0 Å². The average Bonchev–Trinajstić information content (AvgIpc) is 2.80. The number of hydrogen-bond donors (Lipinski definition) is 0. The van der Waals surface area contributed by atoms with Crippen molar-refractivity contribution in [1.29, 1.82) is 0 Å². The predicted molar refractivity (Wildman–Crippen MR) is 78.6 cm³/mol. The van der Waals surface area contributed by atoms with E-state index in [1.807, 2.05) is 0 Å². The minimum atomic E-state index is 0.487. The lowest BCUT2D eigenvalue weighted by atomic mass is 9.92. The molecule has 0 N–H and O–H groups in total. The molecule has 1 heteroatoms. The van der Waals surface area contributed by atoms with Crippen molar-refractivity contribution in [2.45, 2.75) is 31.6 Å². The van der Waals surface area contributed by atoms with E-state index in [2.05, 4.69) is 65.6 Å². The second-order valence-corrected chi connectivity index (χ2v) is 5.60. The van der Waals surface area contributed by atoms with Gasteiger partial charge in [-0.25, -0.2) is 0 Å². The fourth-order valence-corrected chi connectivity index (χ4v) is 2.61. The van der Waals surface area contributed by atoms with Crippen LogP contribution in [0.1, 0.15) is 37.2 Å². The lowest BCUT2D eigenvalue weighted by Crippen LogP contribution is -1.96. The third-order valence-corrected chi connectivity index (χ3v) is 3.92. The van der Waals surface area contributed by atoms with Crippen LogP contribution in [-0.2, 0) is 0 Å². The summed E-state index contributed by atoms with van der Waals surface area (Å²) in [6.45, 7) is 3.97. The molecule has 0 spiro atoms. The first-order valence-electron chi connectivity index (χ1n) is 5.85. The summed E-state index contributed by atoms with van der Waals surface area (Å²) < 4.78 is 1.30. The first kappa shape index (κ1) is 11.9. The van der Waals surface area contributed by atoms with Gasteiger partial charge in [-0.2, -0.15) is 0 Å². The summed E-state index contributed by atoms with van der Waals surface area (Å²) in [7, 11) is 0. The molecule has 84 valence electrons. The summed E-state index contributed by atoms with van der Waals surface area (Å²) in [6, 6.07) is 8.80. The fraction of sp³-hybridized carbons (Fsp3) is 0.333. The van der Waals surface area contributed by atoms with Crippen LogP contribution in [0.5, 0.6) is 0 Å². The van der Waals surface area contributed by atoms with E-state index in [1.54, 1.807) is 5.57 Å². The Balaban J connectivity index is 2.09. The molecule has 0 aromatic heterocycles. The molecule has 0 heterocycles. The molecule has 0 bridgehead atoms. The van der Waals surface area contributed by atoms with E-state index in [4.69, 9.17) is 0 Å². The Kier molecular flexibility index (Phi) is 4.22. The van der Waals surface area contributed by atoms with Crippen molar-refractivity contribution in [1.82, 2.24) is 0 Å². The van der Waals surface area contributed by atoms with Crippen LogP contribution in [0.3, 0.4) is 0 Å². The van der Waals surface area contributed by atoms with Crippen molar-refractivity contribution in [3.63, 3.8) is 0 Å². The van der Waals surface area contributed by atoms with Gasteiger partial charge in [-0.1, -0.05) is 29.9 Å². The molecule has 0 saturated heterocycles. The third kappa shape index (κ3) is 2.97. The van der Waals surface area contributed by atoms with Crippen molar-refractivity contribution < 1.29 is 0 Å². The minimum Gasteiger partial charge on any atom is -0.102 e. The molecule has 0 aliphatic heterocycles. The number of hydrogen-bond acceptors (Lipinski definition) is 0. The van der Waals surface area contributed by atoms with Crippen LogP contribution in [-0.4, -0.2) is 0 Å². The fourth-order valence-electron chi connectivity index (χ4n) is 2.25. The van der Waals surface area contributed by atoms with Crippen molar-refractivity contribution in [3.8, 4) is 0 Å². The van der Waals surface area contributed by atoms with Gasteiger partial charge in [0.25, 0.3) is 0 Å². The topological polar surface area (TPSA) is 0 Å². The molecule has 1 aromatic carbocycles. The SMILES string of the molecule is C=C[C@H](CC1=CCCC1)c1ccc(I)cc1. The van der Waals surface area contributed by atoms with Crippen LogP contribution in [0.25, 0.3) is 0 Å². The first-order chi connectivity index (χ1) is 7.79. The molecule has 0 unspecified atom stereocenters. The molecular formula is C15H17I. The highest BCUT2D eigenvalue weighted by Gasteiger charge is 2.12. The Labute approximate surface area is 112 Å². The van der Waals surface area contributed by atoms with Gasteiger partial charge < -0.3 is 0 Å². The second kappa shape index (κ2) is 5.67. The second-order valence-electron chi connectivity index (χ2n) is 4.35. The van der Waals surface area contributed by atoms with E-state index < -0.39 is 0 Å². The number of benzene rings is 1. The van der Waals surface area contributed by atoms with Gasteiger partial charge in [0.15, 0.2) is 0 Å². The number of halogens is 1. The zero-order valence-electron chi connectivity index (χ0n) is 9.45. The Morgan fingerprint density at radius 2 is 2.06 bits per heavy atom. The van der Waals surface area contributed by atoms with E-state index >= 15 is 0 Å². The highest BCUT2D eigenvalue weighted by molar-refractivity contribution is 14.1. The van der Waals surface area contributed by atoms with Crippen LogP contribution in [0, 0.1) is 3.57 Å². The minimum absolute atomic E-state index is 0.487. The van der Waals surface area contributed by atoms with Crippen LogP contribution in [0.2, 0.25) is 0 Å². The van der Waals surface area contributed by atoms with E-state index in [0.29, 0.717) is 5.92 Å². The molecule has 0 nitrogen and oxygen atoms in total. The van der Waals surface area contributed by atoms with Gasteiger partial charge in [0.05, 0.1) is 0 Å². The quantitative estimate of drug-likeness (QED) is 0.536. The smallest absolute Gasteiger partial charge is 0.0130 e. The van der Waals surface area contributed by atoms with Gasteiger partial charge in [-0.3, -0.25) is 0 Å². The Morgan fingerprint density at radius 1 is 1.31 bits per heavy atom. The zero-order valence-corrected chi connectivity index (χ0v) is 11.6. The summed E-state index contributed by atoms with van der Waals surface area (Å²) in [5, 5.41) is 0. The van der Waals surface area contributed by atoms with Crippen molar-refractivity contribution >= 4 is 22.6 Å². The lowest BCUT2D eigenvalue weighted by molar-refractivity contribution is 0.784. The van der Waals surface area contributed by atoms with E-state index in [0.717, 1.165) is 6.42 Å². The zero-order chi connectivity index (χ0) is 11.4. The van der Waals surface area contributed by atoms with Gasteiger partial charge in [-0.15, -0.1) is 6.58 Å². The Bertz CT molecular complexity index is 386. The van der Waals surface area contributed by atoms with Gasteiger partial charge in [0.2, 0.25) is 0 Å². The molecule has 2 rings (SSSR count). The summed E-state index contributed by atoms with van der Waals surface area (Å²) in [6.07, 6.45) is 9.54. The highest BCUT2D eigenvalue weighted by atomic mass is 127. The molecule has 0 fully saturated rings. The van der Waals surface area contributed by atoms with E-state index in [1.165, 1.54) is 28.4 Å². The molecule has 1 aliphatic carbocycles. The van der Waals surface area contributed by atoms with Gasteiger partial charge in [0, 0.05) is 9.49 Å². The molecule has 1 atom stereocenters. The monoisotopic (exact) mass is 324 g/mol. The molecule has 1 aromatic rings. The maximum absolute atomic E-state index is 3.97. The molecule has 1 aliphatic rings. The summed E-state index contributed by atoms with van der Waals surface area (Å²) in [4.78, 5) is 0. The van der Waals surface area contributed by atoms with E-state index in [9.17, 15) is 0 Å². The van der Waals surface area contributed by atoms with Gasteiger partial charge in [0.1, 0.15) is 0 Å². The summed E-state index contributed by atoms with van der Waals surface area (Å²) in [5.41, 5.74) is 3.01. The largest absolute Gasteiger partial charge is 0.102 e. The molecule has 0 radical (unpaired) electrons. The Morgan fingerprint density at radius 3 is 2.62 bits per heavy atom. The summed E-state index contributed by atoms with van der Waals surface area (Å²) >= 11 is 2.34. The molecule has 0 amide bonds. The van der Waals surface area contributed by atoms with Crippen LogP contribution in [0.15, 0.2) is 48.6 Å². The average molecular weight is 324 g/mol. The van der Waals surface area contributed by atoms with Gasteiger partial charge >= 0.3 is 0 Å². The first-order valence-corrected chi connectivity index (χ1v) is 6.93. The van der Waals surface area contributed by atoms with Crippen molar-refractivity contribution in [2.75, 3.05) is 0 Å². The van der Waals surface area contributed by atoms with Crippen molar-refractivity contribution in [3.05, 3.63) is 57.7 Å². The molecule has 16 heavy (non-hydrogen) atoms. The maximum Gasteiger partial charge on any atom is 0.0130 e. The van der Waals surface area contributed by atoms with Crippen molar-refractivity contribution in [2.24, 2.45) is 0 Å². The lowest BCUT2D eigenvalue weighted by Gasteiger charge is -2.13. The van der Waals surface area contributed by atoms with Crippen LogP contribution < -0.4 is 0 Å². The number of rotatable bonds is 4. The standard InChI is InChI=1S/C15H17I/c1-2-13(11-12-5-3-4-6-12)14-7-9-15(16)10-8-14/h2,5,7-10,13H,1,3-4,6,11H2/t13-/m1/s1. The Hall–Kier alpha value is -0.570. The maximum atomic E-state index is 3.97. The normalized spacial score (nSPS) is 16.9. The third-order valence-electron chi connectivity index (χ3n) is 3.20. The predicted octanol–water partition coefficient (Wildman–Crippen LogP) is 5.06. The molecular weight excluding hydrogens is 307 g/mol. The van der Waals surface area contributed by atoms with E-state index in [-0.39, 0.29) is 0 Å². The molecule has 0 saturated carbocycles. The highest BCUT2D eigenvalue weighted by Crippen LogP contribution is 2.30. The van der Waals surface area contributed by atoms with Crippen LogP contribution >= 0.6 is 22.6 Å².